The second kappa shape index (κ2) is 7.37. The Kier molecular flexibility index (Phi) is 5.51. The van der Waals surface area contributed by atoms with E-state index >= 15 is 0 Å². The van der Waals surface area contributed by atoms with Crippen molar-refractivity contribution in [2.75, 3.05) is 18.0 Å². The van der Waals surface area contributed by atoms with E-state index in [0.29, 0.717) is 25.3 Å². The molecule has 0 saturated carbocycles. The summed E-state index contributed by atoms with van der Waals surface area (Å²) < 4.78 is 0.843. The number of nitrogens with zero attached hydrogens (tertiary/aromatic N) is 2. The monoisotopic (exact) mass is 397 g/mol. The fourth-order valence-electron chi connectivity index (χ4n) is 2.15. The Bertz CT molecular complexity index is 620. The van der Waals surface area contributed by atoms with Crippen LogP contribution >= 0.6 is 22.6 Å². The highest BCUT2D eigenvalue weighted by Gasteiger charge is 2.19. The standard InChI is InChI=1S/C15H16IN3O2/c16-13-6-7-14(15(10-13)19(20)21)18(9-8-17)11-12-4-2-1-3-5-12/h1-7,10H,8-9,11,17H2. The van der Waals surface area contributed by atoms with Gasteiger partial charge < -0.3 is 10.6 Å². The summed E-state index contributed by atoms with van der Waals surface area (Å²) in [5, 5.41) is 11.3. The SMILES string of the molecule is NCCN(Cc1ccccc1)c1ccc(I)cc1[N+](=O)[O-]. The molecule has 5 nitrogen and oxygen atoms in total. The Morgan fingerprint density at radius 2 is 1.90 bits per heavy atom. The fourth-order valence-corrected chi connectivity index (χ4v) is 2.63. The van der Waals surface area contributed by atoms with Crippen LogP contribution < -0.4 is 10.6 Å². The van der Waals surface area contributed by atoms with Gasteiger partial charge in [0.2, 0.25) is 0 Å². The number of nitro benzene ring substituents is 1. The molecule has 0 atom stereocenters. The minimum atomic E-state index is -0.341. The number of hydrogen-bond donors (Lipinski definition) is 1. The normalized spacial score (nSPS) is 10.4. The number of nitrogens with two attached hydrogens (primary N) is 1. The molecule has 0 saturated heterocycles. The highest BCUT2D eigenvalue weighted by atomic mass is 127. The summed E-state index contributed by atoms with van der Waals surface area (Å²) in [5.41, 5.74) is 7.48. The van der Waals surface area contributed by atoms with E-state index in [9.17, 15) is 10.1 Å². The van der Waals surface area contributed by atoms with E-state index < -0.39 is 0 Å². The third-order valence-electron chi connectivity index (χ3n) is 3.09. The van der Waals surface area contributed by atoms with Gasteiger partial charge in [0.05, 0.1) is 4.92 Å². The summed E-state index contributed by atoms with van der Waals surface area (Å²) >= 11 is 2.08. The fraction of sp³-hybridized carbons (Fsp3) is 0.200. The van der Waals surface area contributed by atoms with E-state index in [2.05, 4.69) is 22.6 Å². The van der Waals surface area contributed by atoms with Gasteiger partial charge in [0.25, 0.3) is 5.69 Å². The molecule has 21 heavy (non-hydrogen) atoms. The van der Waals surface area contributed by atoms with Crippen molar-refractivity contribution in [2.45, 2.75) is 6.54 Å². The summed E-state index contributed by atoms with van der Waals surface area (Å²) in [7, 11) is 0. The average Bonchev–Trinajstić information content (AvgIpc) is 2.48. The smallest absolute Gasteiger partial charge is 0.293 e. The number of rotatable bonds is 6. The topological polar surface area (TPSA) is 72.4 Å². The first-order valence-corrected chi connectivity index (χ1v) is 7.62. The summed E-state index contributed by atoms with van der Waals surface area (Å²) in [5.74, 6) is 0. The maximum absolute atomic E-state index is 11.3. The molecule has 0 bridgehead atoms. The predicted octanol–water partition coefficient (Wildman–Crippen LogP) is 3.16. The van der Waals surface area contributed by atoms with Crippen molar-refractivity contribution in [3.05, 3.63) is 67.8 Å². The van der Waals surface area contributed by atoms with Gasteiger partial charge in [-0.15, -0.1) is 0 Å². The molecule has 2 aromatic rings. The van der Waals surface area contributed by atoms with Gasteiger partial charge in [-0.1, -0.05) is 30.3 Å². The van der Waals surface area contributed by atoms with Crippen molar-refractivity contribution < 1.29 is 4.92 Å². The Morgan fingerprint density at radius 1 is 1.19 bits per heavy atom. The van der Waals surface area contributed by atoms with Crippen LogP contribution in [0, 0.1) is 13.7 Å². The highest BCUT2D eigenvalue weighted by Crippen LogP contribution is 2.30. The first-order chi connectivity index (χ1) is 10.1. The van der Waals surface area contributed by atoms with Crippen molar-refractivity contribution >= 4 is 34.0 Å². The summed E-state index contributed by atoms with van der Waals surface area (Å²) in [6.07, 6.45) is 0. The molecular weight excluding hydrogens is 381 g/mol. The molecule has 0 aliphatic carbocycles. The van der Waals surface area contributed by atoms with Crippen LogP contribution in [-0.2, 0) is 6.54 Å². The highest BCUT2D eigenvalue weighted by molar-refractivity contribution is 14.1. The van der Waals surface area contributed by atoms with E-state index in [-0.39, 0.29) is 10.6 Å². The van der Waals surface area contributed by atoms with Gasteiger partial charge in [0.1, 0.15) is 5.69 Å². The van der Waals surface area contributed by atoms with Gasteiger partial charge in [-0.05, 0) is 40.3 Å². The van der Waals surface area contributed by atoms with Crippen molar-refractivity contribution in [3.63, 3.8) is 0 Å². The second-order valence-corrected chi connectivity index (χ2v) is 5.83. The molecule has 2 aromatic carbocycles. The lowest BCUT2D eigenvalue weighted by Crippen LogP contribution is -2.29. The van der Waals surface area contributed by atoms with Crippen molar-refractivity contribution in [1.82, 2.24) is 0 Å². The molecule has 0 unspecified atom stereocenters. The molecule has 2 rings (SSSR count). The van der Waals surface area contributed by atoms with E-state index in [1.54, 1.807) is 12.1 Å². The lowest BCUT2D eigenvalue weighted by Gasteiger charge is -2.24. The minimum Gasteiger partial charge on any atom is -0.360 e. The lowest BCUT2D eigenvalue weighted by molar-refractivity contribution is -0.384. The first-order valence-electron chi connectivity index (χ1n) is 6.54. The second-order valence-electron chi connectivity index (χ2n) is 4.59. The zero-order valence-electron chi connectivity index (χ0n) is 11.4. The van der Waals surface area contributed by atoms with Crippen molar-refractivity contribution in [1.29, 1.82) is 0 Å². The van der Waals surface area contributed by atoms with Crippen LogP contribution in [0.2, 0.25) is 0 Å². The van der Waals surface area contributed by atoms with Gasteiger partial charge in [0, 0.05) is 29.3 Å². The average molecular weight is 397 g/mol. The summed E-state index contributed by atoms with van der Waals surface area (Å²) in [6.45, 7) is 1.60. The third-order valence-corrected chi connectivity index (χ3v) is 3.76. The summed E-state index contributed by atoms with van der Waals surface area (Å²) in [4.78, 5) is 12.9. The van der Waals surface area contributed by atoms with Gasteiger partial charge in [0.15, 0.2) is 0 Å². The van der Waals surface area contributed by atoms with Gasteiger partial charge in [-0.2, -0.15) is 0 Å². The Balaban J connectivity index is 2.36. The molecule has 2 N–H and O–H groups in total. The van der Waals surface area contributed by atoms with E-state index in [1.165, 1.54) is 0 Å². The van der Waals surface area contributed by atoms with E-state index in [4.69, 9.17) is 5.73 Å². The molecule has 0 spiro atoms. The molecule has 110 valence electrons. The third kappa shape index (κ3) is 4.15. The van der Waals surface area contributed by atoms with Crippen LogP contribution in [0.1, 0.15) is 5.56 Å². The van der Waals surface area contributed by atoms with E-state index in [1.807, 2.05) is 41.3 Å². The zero-order chi connectivity index (χ0) is 15.2. The van der Waals surface area contributed by atoms with Crippen LogP contribution in [0.4, 0.5) is 11.4 Å². The Labute approximate surface area is 137 Å². The van der Waals surface area contributed by atoms with Crippen LogP contribution in [0.3, 0.4) is 0 Å². The van der Waals surface area contributed by atoms with Crippen LogP contribution in [0.25, 0.3) is 0 Å². The number of nitro groups is 1. The largest absolute Gasteiger partial charge is 0.360 e. The number of anilines is 1. The quantitative estimate of drug-likeness (QED) is 0.462. The number of hydrogen-bond acceptors (Lipinski definition) is 4. The molecule has 0 amide bonds. The molecule has 0 radical (unpaired) electrons. The molecule has 0 aromatic heterocycles. The number of halogens is 1. The Morgan fingerprint density at radius 3 is 2.52 bits per heavy atom. The summed E-state index contributed by atoms with van der Waals surface area (Å²) in [6, 6.07) is 15.1. The minimum absolute atomic E-state index is 0.117. The zero-order valence-corrected chi connectivity index (χ0v) is 13.6. The number of benzene rings is 2. The van der Waals surface area contributed by atoms with E-state index in [0.717, 1.165) is 9.13 Å². The maximum atomic E-state index is 11.3. The molecular formula is C15H16IN3O2. The lowest BCUT2D eigenvalue weighted by atomic mass is 10.2. The van der Waals surface area contributed by atoms with Gasteiger partial charge in [-0.3, -0.25) is 10.1 Å². The van der Waals surface area contributed by atoms with Crippen molar-refractivity contribution in [2.24, 2.45) is 5.73 Å². The first kappa shape index (κ1) is 15.7. The van der Waals surface area contributed by atoms with Gasteiger partial charge in [-0.25, -0.2) is 0 Å². The maximum Gasteiger partial charge on any atom is 0.293 e. The van der Waals surface area contributed by atoms with Crippen molar-refractivity contribution in [3.8, 4) is 0 Å². The molecule has 0 aliphatic rings. The molecule has 0 heterocycles. The molecule has 6 heteroatoms. The van der Waals surface area contributed by atoms with Crippen LogP contribution in [-0.4, -0.2) is 18.0 Å². The molecule has 0 fully saturated rings. The molecule has 0 aliphatic heterocycles. The van der Waals surface area contributed by atoms with Crippen LogP contribution in [0.5, 0.6) is 0 Å². The Hall–Kier alpha value is -1.67. The predicted molar refractivity (Wildman–Crippen MR) is 92.4 cm³/mol. The van der Waals surface area contributed by atoms with Crippen LogP contribution in [0.15, 0.2) is 48.5 Å². The van der Waals surface area contributed by atoms with Gasteiger partial charge >= 0.3 is 0 Å².